The van der Waals surface area contributed by atoms with E-state index in [0.717, 1.165) is 12.1 Å². The third-order valence-corrected chi connectivity index (χ3v) is 4.89. The highest BCUT2D eigenvalue weighted by Gasteiger charge is 2.34. The zero-order valence-corrected chi connectivity index (χ0v) is 16.5. The largest absolute Gasteiger partial charge is 0.449 e. The molecular formula is C18H15F3IN3O3. The Morgan fingerprint density at radius 1 is 1.18 bits per heavy atom. The first-order valence-corrected chi connectivity index (χ1v) is 9.25. The quantitative estimate of drug-likeness (QED) is 0.609. The first-order chi connectivity index (χ1) is 13.3. The third kappa shape index (κ3) is 4.32. The first kappa shape index (κ1) is 20.2. The first-order valence-electron chi connectivity index (χ1n) is 8.18. The zero-order valence-electron chi connectivity index (χ0n) is 14.3. The van der Waals surface area contributed by atoms with Crippen molar-refractivity contribution in [3.8, 4) is 0 Å². The molecule has 0 saturated carbocycles. The van der Waals surface area contributed by atoms with Gasteiger partial charge in [0.05, 0.1) is 23.5 Å². The second-order valence-electron chi connectivity index (χ2n) is 6.24. The molecule has 0 unspecified atom stereocenters. The number of carbonyl (C=O) groups is 2. The molecule has 2 aromatic rings. The minimum atomic E-state index is -1.28. The number of halogens is 4. The molecular weight excluding hydrogens is 490 g/mol. The fourth-order valence-corrected chi connectivity index (χ4v) is 3.24. The van der Waals surface area contributed by atoms with Crippen LogP contribution >= 0.6 is 22.6 Å². The van der Waals surface area contributed by atoms with E-state index in [0.29, 0.717) is 3.57 Å². The lowest BCUT2D eigenvalue weighted by atomic mass is 9.99. The molecule has 3 rings (SSSR count). The van der Waals surface area contributed by atoms with Gasteiger partial charge >= 0.3 is 6.09 Å². The van der Waals surface area contributed by atoms with Gasteiger partial charge in [-0.05, 0) is 52.9 Å². The monoisotopic (exact) mass is 505 g/mol. The summed E-state index contributed by atoms with van der Waals surface area (Å²) in [5, 5.41) is 2.49. The van der Waals surface area contributed by atoms with Gasteiger partial charge in [-0.15, -0.1) is 0 Å². The topological polar surface area (TPSA) is 84.7 Å². The molecule has 1 saturated heterocycles. The molecule has 0 aliphatic carbocycles. The Balaban J connectivity index is 1.81. The van der Waals surface area contributed by atoms with Gasteiger partial charge in [-0.2, -0.15) is 0 Å². The Kier molecular flexibility index (Phi) is 5.96. The predicted molar refractivity (Wildman–Crippen MR) is 104 cm³/mol. The van der Waals surface area contributed by atoms with Crippen molar-refractivity contribution in [1.29, 1.82) is 0 Å². The van der Waals surface area contributed by atoms with Gasteiger partial charge in [-0.25, -0.2) is 18.0 Å². The SMILES string of the molecule is NC(=O)OCC1CN(C(=O)c2ccc(F)c(F)c2Nc2ccc(I)cc2F)C1. The molecule has 1 fully saturated rings. The summed E-state index contributed by atoms with van der Waals surface area (Å²) in [7, 11) is 0. The number of carbonyl (C=O) groups excluding carboxylic acids is 2. The van der Waals surface area contributed by atoms with Gasteiger partial charge in [0.15, 0.2) is 11.6 Å². The maximum absolute atomic E-state index is 14.4. The minimum Gasteiger partial charge on any atom is -0.449 e. The molecule has 0 bridgehead atoms. The molecule has 148 valence electrons. The van der Waals surface area contributed by atoms with Crippen LogP contribution in [0.5, 0.6) is 0 Å². The molecule has 1 heterocycles. The lowest BCUT2D eigenvalue weighted by molar-refractivity contribution is 0.0322. The number of nitrogens with zero attached hydrogens (tertiary/aromatic N) is 1. The molecule has 1 aliphatic rings. The number of nitrogens with one attached hydrogen (secondary N) is 1. The smallest absolute Gasteiger partial charge is 0.404 e. The molecule has 0 spiro atoms. The van der Waals surface area contributed by atoms with Gasteiger partial charge in [0.1, 0.15) is 5.82 Å². The molecule has 0 radical (unpaired) electrons. The van der Waals surface area contributed by atoms with Crippen LogP contribution in [0, 0.1) is 26.9 Å². The summed E-state index contributed by atoms with van der Waals surface area (Å²) in [6, 6.07) is 6.16. The van der Waals surface area contributed by atoms with E-state index < -0.39 is 35.1 Å². The summed E-state index contributed by atoms with van der Waals surface area (Å²) in [5.41, 5.74) is 4.23. The van der Waals surface area contributed by atoms with Crippen LogP contribution in [0.2, 0.25) is 0 Å². The number of hydrogen-bond donors (Lipinski definition) is 2. The number of nitrogens with two attached hydrogens (primary N) is 1. The van der Waals surface area contributed by atoms with Gasteiger partial charge in [0.2, 0.25) is 0 Å². The summed E-state index contributed by atoms with van der Waals surface area (Å²) < 4.78 is 47.5. The Morgan fingerprint density at radius 2 is 1.89 bits per heavy atom. The fraction of sp³-hybridized carbons (Fsp3) is 0.222. The van der Waals surface area contributed by atoms with E-state index in [4.69, 9.17) is 5.73 Å². The maximum atomic E-state index is 14.4. The van der Waals surface area contributed by atoms with E-state index in [1.807, 2.05) is 22.6 Å². The molecule has 0 atom stereocenters. The van der Waals surface area contributed by atoms with E-state index in [2.05, 4.69) is 10.1 Å². The second kappa shape index (κ2) is 8.25. The fourth-order valence-electron chi connectivity index (χ4n) is 2.79. The number of ether oxygens (including phenoxy) is 1. The Labute approximate surface area is 172 Å². The summed E-state index contributed by atoms with van der Waals surface area (Å²) in [6.45, 7) is 0.598. The van der Waals surface area contributed by atoms with E-state index >= 15 is 0 Å². The van der Waals surface area contributed by atoms with Crippen molar-refractivity contribution in [2.24, 2.45) is 11.7 Å². The molecule has 2 amide bonds. The van der Waals surface area contributed by atoms with Gasteiger partial charge < -0.3 is 20.7 Å². The van der Waals surface area contributed by atoms with Crippen LogP contribution in [0.25, 0.3) is 0 Å². The highest BCUT2D eigenvalue weighted by Crippen LogP contribution is 2.31. The van der Waals surface area contributed by atoms with Gasteiger partial charge in [0.25, 0.3) is 5.91 Å². The molecule has 1 aliphatic heterocycles. The number of anilines is 2. The van der Waals surface area contributed by atoms with Crippen molar-refractivity contribution in [2.75, 3.05) is 25.0 Å². The Bertz CT molecular complexity index is 936. The highest BCUT2D eigenvalue weighted by atomic mass is 127. The maximum Gasteiger partial charge on any atom is 0.404 e. The minimum absolute atomic E-state index is 0.0653. The van der Waals surface area contributed by atoms with Crippen molar-refractivity contribution in [3.63, 3.8) is 0 Å². The molecule has 0 aromatic heterocycles. The number of benzene rings is 2. The number of hydrogen-bond acceptors (Lipinski definition) is 4. The molecule has 3 N–H and O–H groups in total. The normalized spacial score (nSPS) is 13.8. The molecule has 6 nitrogen and oxygen atoms in total. The van der Waals surface area contributed by atoms with Crippen LogP contribution in [0.1, 0.15) is 10.4 Å². The summed E-state index contributed by atoms with van der Waals surface area (Å²) in [5.74, 6) is -3.75. The van der Waals surface area contributed by atoms with Crippen molar-refractivity contribution in [1.82, 2.24) is 4.90 Å². The summed E-state index contributed by atoms with van der Waals surface area (Å²) in [4.78, 5) is 24.7. The standard InChI is InChI=1S/C18H15F3IN3O3/c19-12-3-2-11(17(26)25-6-9(7-25)8-28-18(23)27)16(15(12)21)24-14-4-1-10(22)5-13(14)20/h1-5,9,24H,6-8H2,(H2,23,27). The molecule has 10 heteroatoms. The average molecular weight is 505 g/mol. The van der Waals surface area contributed by atoms with Crippen LogP contribution in [-0.2, 0) is 4.74 Å². The summed E-state index contributed by atoms with van der Waals surface area (Å²) in [6.07, 6.45) is -0.906. The van der Waals surface area contributed by atoms with Crippen LogP contribution in [-0.4, -0.2) is 36.6 Å². The number of amides is 2. The zero-order chi connectivity index (χ0) is 20.4. The van der Waals surface area contributed by atoms with E-state index in [-0.39, 0.29) is 36.9 Å². The number of primary amides is 1. The third-order valence-electron chi connectivity index (χ3n) is 4.22. The predicted octanol–water partition coefficient (Wildman–Crippen LogP) is 3.62. The van der Waals surface area contributed by atoms with E-state index in [9.17, 15) is 22.8 Å². The molecule has 2 aromatic carbocycles. The van der Waals surface area contributed by atoms with Crippen LogP contribution in [0.4, 0.5) is 29.3 Å². The average Bonchev–Trinajstić information content (AvgIpc) is 2.59. The Morgan fingerprint density at radius 3 is 2.54 bits per heavy atom. The lowest BCUT2D eigenvalue weighted by Crippen LogP contribution is -2.52. The Hall–Kier alpha value is -2.50. The lowest BCUT2D eigenvalue weighted by Gasteiger charge is -2.39. The van der Waals surface area contributed by atoms with Crippen LogP contribution in [0.3, 0.4) is 0 Å². The van der Waals surface area contributed by atoms with Crippen molar-refractivity contribution in [3.05, 3.63) is 56.9 Å². The summed E-state index contributed by atoms with van der Waals surface area (Å²) >= 11 is 1.91. The van der Waals surface area contributed by atoms with Gasteiger partial charge in [0, 0.05) is 22.6 Å². The van der Waals surface area contributed by atoms with Crippen molar-refractivity contribution in [2.45, 2.75) is 0 Å². The molecule has 28 heavy (non-hydrogen) atoms. The van der Waals surface area contributed by atoms with Gasteiger partial charge in [-0.3, -0.25) is 4.79 Å². The van der Waals surface area contributed by atoms with Gasteiger partial charge in [-0.1, -0.05) is 0 Å². The van der Waals surface area contributed by atoms with Crippen LogP contribution in [0.15, 0.2) is 30.3 Å². The van der Waals surface area contributed by atoms with E-state index in [1.165, 1.54) is 17.0 Å². The number of likely N-dealkylation sites (tertiary alicyclic amines) is 1. The van der Waals surface area contributed by atoms with E-state index in [1.54, 1.807) is 6.07 Å². The van der Waals surface area contributed by atoms with Crippen molar-refractivity contribution >= 4 is 46.0 Å². The van der Waals surface area contributed by atoms with Crippen molar-refractivity contribution < 1.29 is 27.5 Å². The second-order valence-corrected chi connectivity index (χ2v) is 7.48. The van der Waals surface area contributed by atoms with Crippen LogP contribution < -0.4 is 11.1 Å². The number of rotatable bonds is 5. The highest BCUT2D eigenvalue weighted by molar-refractivity contribution is 14.1.